The zero-order chi connectivity index (χ0) is 22.4. The van der Waals surface area contributed by atoms with Crippen LogP contribution >= 0.6 is 0 Å². The van der Waals surface area contributed by atoms with E-state index in [4.69, 9.17) is 5.73 Å². The predicted octanol–water partition coefficient (Wildman–Crippen LogP) is 2.23. The third-order valence-electron chi connectivity index (χ3n) is 5.59. The maximum atomic E-state index is 13.3. The third-order valence-corrected chi connectivity index (χ3v) is 5.59. The molecule has 2 fully saturated rings. The first-order valence-electron chi connectivity index (χ1n) is 9.77. The Hall–Kier alpha value is -3.44. The Morgan fingerprint density at radius 3 is 2.65 bits per heavy atom. The molecule has 0 aliphatic carbocycles. The van der Waals surface area contributed by atoms with E-state index in [1.807, 2.05) is 11.9 Å². The number of primary amides is 1. The minimum Gasteiger partial charge on any atom is -0.375 e. The largest absolute Gasteiger partial charge is 0.375 e. The summed E-state index contributed by atoms with van der Waals surface area (Å²) in [7, 11) is 1.85. The molecule has 6 nitrogen and oxygen atoms in total. The number of likely N-dealkylation sites (N-methyl/N-ethyl adjacent to an activating group) is 1. The zero-order valence-electron chi connectivity index (χ0n) is 17.0. The van der Waals surface area contributed by atoms with Crippen LogP contribution in [0.5, 0.6) is 0 Å². The Kier molecular flexibility index (Phi) is 4.94. The van der Waals surface area contributed by atoms with E-state index in [1.54, 1.807) is 30.3 Å². The van der Waals surface area contributed by atoms with E-state index in [1.165, 1.54) is 11.0 Å². The van der Waals surface area contributed by atoms with Crippen molar-refractivity contribution in [3.8, 4) is 23.1 Å². The molecule has 0 spiro atoms. The first-order chi connectivity index (χ1) is 14.6. The van der Waals surface area contributed by atoms with E-state index in [2.05, 4.69) is 23.4 Å². The number of rotatable bonds is 3. The van der Waals surface area contributed by atoms with Gasteiger partial charge in [-0.2, -0.15) is 0 Å². The zero-order valence-corrected chi connectivity index (χ0v) is 17.0. The summed E-state index contributed by atoms with van der Waals surface area (Å²) in [6.07, 6.45) is 0.473. The van der Waals surface area contributed by atoms with Gasteiger partial charge in [0.15, 0.2) is 5.60 Å². The van der Waals surface area contributed by atoms with Gasteiger partial charge in [-0.3, -0.25) is 4.79 Å². The van der Waals surface area contributed by atoms with Crippen molar-refractivity contribution in [2.45, 2.75) is 17.9 Å². The van der Waals surface area contributed by atoms with Crippen molar-refractivity contribution in [1.82, 2.24) is 9.88 Å². The van der Waals surface area contributed by atoms with Crippen molar-refractivity contribution in [3.63, 3.8) is 0 Å². The van der Waals surface area contributed by atoms with E-state index >= 15 is 0 Å². The number of nitrogens with two attached hydrogens (primary N) is 1. The van der Waals surface area contributed by atoms with Gasteiger partial charge in [0, 0.05) is 36.8 Å². The smallest absolute Gasteiger partial charge is 0.282 e. The monoisotopic (exact) mass is 424 g/mol. The number of amides is 1. The molecule has 0 bridgehead atoms. The second-order valence-corrected chi connectivity index (χ2v) is 7.98. The highest BCUT2D eigenvalue weighted by atomic mass is 19.3. The Labute approximate surface area is 179 Å². The molecule has 31 heavy (non-hydrogen) atoms. The molecule has 4 rings (SSSR count). The van der Waals surface area contributed by atoms with Crippen LogP contribution in [0.1, 0.15) is 22.5 Å². The van der Waals surface area contributed by atoms with Crippen LogP contribution in [0.2, 0.25) is 0 Å². The second kappa shape index (κ2) is 7.36. The molecule has 160 valence electrons. The minimum atomic E-state index is -2.75. The van der Waals surface area contributed by atoms with Gasteiger partial charge in [-0.25, -0.2) is 13.8 Å². The van der Waals surface area contributed by atoms with Crippen molar-refractivity contribution in [3.05, 3.63) is 59.9 Å². The molecule has 1 amide bonds. The number of aliphatic hydroxyl groups is 1. The molecule has 3 N–H and O–H groups in total. The molecule has 2 aromatic rings. The lowest BCUT2D eigenvalue weighted by molar-refractivity contribution is -0.0262. The maximum absolute atomic E-state index is 13.3. The van der Waals surface area contributed by atoms with E-state index in [9.17, 15) is 18.7 Å². The first kappa shape index (κ1) is 20.8. The molecule has 1 aromatic carbocycles. The summed E-state index contributed by atoms with van der Waals surface area (Å²) in [6, 6.07) is 10.2. The van der Waals surface area contributed by atoms with E-state index in [0.717, 1.165) is 0 Å². The molecule has 0 radical (unpaired) electrons. The van der Waals surface area contributed by atoms with Gasteiger partial charge in [0.2, 0.25) is 0 Å². The van der Waals surface area contributed by atoms with Crippen LogP contribution in [0.25, 0.3) is 11.3 Å². The average molecular weight is 424 g/mol. The van der Waals surface area contributed by atoms with Gasteiger partial charge in [0.1, 0.15) is 5.69 Å². The number of benzene rings is 1. The first-order valence-corrected chi connectivity index (χ1v) is 9.77. The number of hydrogen-bond acceptors (Lipinski definition) is 5. The number of carbonyl (C=O) groups is 1. The molecule has 2 aliphatic rings. The second-order valence-electron chi connectivity index (χ2n) is 7.98. The fourth-order valence-electron chi connectivity index (χ4n) is 3.66. The fourth-order valence-corrected chi connectivity index (χ4v) is 3.66. The molecule has 1 aromatic heterocycles. The van der Waals surface area contributed by atoms with Crippen LogP contribution in [-0.2, 0) is 0 Å². The lowest BCUT2D eigenvalue weighted by Gasteiger charge is -2.40. The van der Waals surface area contributed by atoms with E-state index in [0.29, 0.717) is 41.2 Å². The normalized spacial score (nSPS) is 22.0. The highest BCUT2D eigenvalue weighted by molar-refractivity contribution is 5.92. The number of likely N-dealkylation sites (tertiary alicyclic amines) is 1. The van der Waals surface area contributed by atoms with Gasteiger partial charge in [0.05, 0.1) is 24.5 Å². The minimum absolute atomic E-state index is 0.00110. The molecule has 3 heterocycles. The number of carbonyl (C=O) groups excluding carboxylic acids is 1. The lowest BCUT2D eigenvalue weighted by Crippen LogP contribution is -2.56. The lowest BCUT2D eigenvalue weighted by atomic mass is 10.00. The molecular formula is C23H22F2N4O2. The molecule has 0 unspecified atom stereocenters. The van der Waals surface area contributed by atoms with Gasteiger partial charge >= 0.3 is 0 Å². The number of aromatic nitrogens is 1. The van der Waals surface area contributed by atoms with E-state index in [-0.39, 0.29) is 5.69 Å². The molecule has 0 saturated carbocycles. The molecule has 8 heteroatoms. The van der Waals surface area contributed by atoms with Crippen LogP contribution in [0, 0.1) is 11.8 Å². The van der Waals surface area contributed by atoms with Crippen LogP contribution < -0.4 is 10.6 Å². The summed E-state index contributed by atoms with van der Waals surface area (Å²) in [5, 5.41) is 10.7. The summed E-state index contributed by atoms with van der Waals surface area (Å²) >= 11 is 0. The van der Waals surface area contributed by atoms with Gasteiger partial charge in [-0.15, -0.1) is 0 Å². The number of pyridine rings is 1. The van der Waals surface area contributed by atoms with Gasteiger partial charge in [0.25, 0.3) is 11.8 Å². The highest BCUT2D eigenvalue weighted by Crippen LogP contribution is 2.34. The average Bonchev–Trinajstić information content (AvgIpc) is 2.98. The number of nitrogens with zero attached hydrogens (tertiary/aromatic N) is 3. The Morgan fingerprint density at radius 2 is 2.03 bits per heavy atom. The summed E-state index contributed by atoms with van der Waals surface area (Å²) < 4.78 is 26.6. The number of halogens is 2. The number of hydrogen-bond donors (Lipinski definition) is 2. The van der Waals surface area contributed by atoms with Crippen molar-refractivity contribution >= 4 is 11.6 Å². The fraction of sp³-hybridized carbons (Fsp3) is 0.304. The summed E-state index contributed by atoms with van der Waals surface area (Å²) in [5.74, 6) is 2.39. The number of alkyl halides is 2. The van der Waals surface area contributed by atoms with Crippen molar-refractivity contribution in [2.75, 3.05) is 31.6 Å². The number of anilines is 1. The Balaban J connectivity index is 1.67. The van der Waals surface area contributed by atoms with Gasteiger partial charge in [-0.1, -0.05) is 30.6 Å². The van der Waals surface area contributed by atoms with Gasteiger partial charge < -0.3 is 20.6 Å². The maximum Gasteiger partial charge on any atom is 0.282 e. The third kappa shape index (κ3) is 4.09. The van der Waals surface area contributed by atoms with Crippen LogP contribution in [0.3, 0.4) is 0 Å². The SMILES string of the molecule is C=C1N(C)CC[C@@]1(O)C#Cc1cccc(-c2cc(N3CC(F)(F)C3)cc(C(N)=O)n2)c1. The van der Waals surface area contributed by atoms with Crippen LogP contribution in [0.4, 0.5) is 14.5 Å². The molecule has 1 atom stereocenters. The molecular weight excluding hydrogens is 402 g/mol. The molecule has 2 saturated heterocycles. The van der Waals surface area contributed by atoms with Crippen LogP contribution in [-0.4, -0.2) is 59.1 Å². The quantitative estimate of drug-likeness (QED) is 0.739. The van der Waals surface area contributed by atoms with Crippen molar-refractivity contribution in [1.29, 1.82) is 0 Å². The Morgan fingerprint density at radius 1 is 1.29 bits per heavy atom. The van der Waals surface area contributed by atoms with Crippen molar-refractivity contribution < 1.29 is 18.7 Å². The Bertz CT molecular complexity index is 1130. The highest BCUT2D eigenvalue weighted by Gasteiger charge is 2.44. The summed E-state index contributed by atoms with van der Waals surface area (Å²) in [4.78, 5) is 19.4. The topological polar surface area (TPSA) is 82.7 Å². The standard InChI is InChI=1S/C23H22F2N4O2/c1-15-22(31,8-9-28(15)2)7-6-16-4-3-5-17(10-16)19-11-18(12-20(27-19)21(26)30)29-13-23(24,25)14-29/h3-5,10-12,31H,1,8-9,13-14H2,2H3,(H2,26,30)/t22-/m0/s1. The van der Waals surface area contributed by atoms with E-state index < -0.39 is 30.5 Å². The summed E-state index contributed by atoms with van der Waals surface area (Å²) in [5.41, 5.74) is 6.85. The summed E-state index contributed by atoms with van der Waals surface area (Å²) in [6.45, 7) is 3.74. The van der Waals surface area contributed by atoms with Crippen LogP contribution in [0.15, 0.2) is 48.7 Å². The predicted molar refractivity (Wildman–Crippen MR) is 114 cm³/mol. The molecule has 2 aliphatic heterocycles. The van der Waals surface area contributed by atoms with Gasteiger partial charge in [-0.05, 0) is 24.3 Å². The van der Waals surface area contributed by atoms with Crippen molar-refractivity contribution in [2.24, 2.45) is 5.73 Å².